The Morgan fingerprint density at radius 2 is 2.44 bits per heavy atom. The monoisotopic (exact) mass is 255 g/mol. The van der Waals surface area contributed by atoms with E-state index in [-0.39, 0.29) is 0 Å². The largest absolute Gasteiger partial charge is 0.310 e. The molecule has 3 unspecified atom stereocenters. The second-order valence-electron chi connectivity index (χ2n) is 4.73. The maximum Gasteiger partial charge on any atom is 0.0186 e. The minimum Gasteiger partial charge on any atom is -0.310 e. The summed E-state index contributed by atoms with van der Waals surface area (Å²) < 4.78 is 0. The Bertz CT molecular complexity index is 297. The SMILES string of the molecule is CC(Cc1ccsc1)NC1CCCSC1C. The normalized spacial score (nSPS) is 27.9. The first kappa shape index (κ1) is 12.5. The Kier molecular flexibility index (Phi) is 4.74. The van der Waals surface area contributed by atoms with Crippen molar-refractivity contribution < 1.29 is 0 Å². The first-order valence-corrected chi connectivity index (χ1v) is 8.13. The lowest BCUT2D eigenvalue weighted by molar-refractivity contribution is 0.409. The van der Waals surface area contributed by atoms with Gasteiger partial charge in [-0.25, -0.2) is 0 Å². The van der Waals surface area contributed by atoms with Gasteiger partial charge in [-0.3, -0.25) is 0 Å². The number of nitrogens with one attached hydrogen (secondary N) is 1. The molecule has 0 amide bonds. The standard InChI is InChI=1S/C13H21NS2/c1-10(8-12-5-7-15-9-12)14-13-4-3-6-16-11(13)2/h5,7,9-11,13-14H,3-4,6,8H2,1-2H3. The molecule has 16 heavy (non-hydrogen) atoms. The third-order valence-electron chi connectivity index (χ3n) is 3.23. The van der Waals surface area contributed by atoms with E-state index in [0.717, 1.165) is 11.7 Å². The number of hydrogen-bond donors (Lipinski definition) is 1. The molecule has 3 atom stereocenters. The zero-order valence-electron chi connectivity index (χ0n) is 10.1. The molecule has 1 nitrogen and oxygen atoms in total. The second-order valence-corrected chi connectivity index (χ2v) is 6.99. The summed E-state index contributed by atoms with van der Waals surface area (Å²) in [5, 5.41) is 9.00. The first-order chi connectivity index (χ1) is 7.75. The highest BCUT2D eigenvalue weighted by Crippen LogP contribution is 2.25. The van der Waals surface area contributed by atoms with Crippen molar-refractivity contribution in [3.05, 3.63) is 22.4 Å². The Hall–Kier alpha value is 0.01000. The van der Waals surface area contributed by atoms with Gasteiger partial charge >= 0.3 is 0 Å². The molecular weight excluding hydrogens is 234 g/mol. The lowest BCUT2D eigenvalue weighted by Gasteiger charge is -2.31. The van der Waals surface area contributed by atoms with Gasteiger partial charge in [-0.05, 0) is 54.3 Å². The molecular formula is C13H21NS2. The van der Waals surface area contributed by atoms with E-state index >= 15 is 0 Å². The van der Waals surface area contributed by atoms with E-state index in [1.807, 2.05) is 0 Å². The van der Waals surface area contributed by atoms with Crippen LogP contribution in [0.4, 0.5) is 0 Å². The van der Waals surface area contributed by atoms with Crippen LogP contribution in [-0.2, 0) is 6.42 Å². The number of rotatable bonds is 4. The molecule has 1 saturated heterocycles. The molecule has 1 aromatic heterocycles. The summed E-state index contributed by atoms with van der Waals surface area (Å²) in [6, 6.07) is 3.55. The lowest BCUT2D eigenvalue weighted by Crippen LogP contribution is -2.44. The van der Waals surface area contributed by atoms with Gasteiger partial charge in [0.05, 0.1) is 0 Å². The molecule has 1 aromatic rings. The van der Waals surface area contributed by atoms with Crippen LogP contribution in [0.15, 0.2) is 16.8 Å². The fraction of sp³-hybridized carbons (Fsp3) is 0.692. The Balaban J connectivity index is 1.79. The quantitative estimate of drug-likeness (QED) is 0.883. The van der Waals surface area contributed by atoms with Crippen molar-refractivity contribution in [1.29, 1.82) is 0 Å². The van der Waals surface area contributed by atoms with Gasteiger partial charge in [-0.15, -0.1) is 0 Å². The zero-order valence-corrected chi connectivity index (χ0v) is 11.7. The van der Waals surface area contributed by atoms with E-state index in [9.17, 15) is 0 Å². The Labute approximate surface area is 107 Å². The Morgan fingerprint density at radius 3 is 3.12 bits per heavy atom. The minimum absolute atomic E-state index is 0.598. The molecule has 0 spiro atoms. The third kappa shape index (κ3) is 3.51. The summed E-state index contributed by atoms with van der Waals surface area (Å²) in [4.78, 5) is 0. The van der Waals surface area contributed by atoms with Crippen LogP contribution in [0.5, 0.6) is 0 Å². The average Bonchev–Trinajstić information content (AvgIpc) is 2.74. The van der Waals surface area contributed by atoms with Gasteiger partial charge in [-0.2, -0.15) is 23.1 Å². The van der Waals surface area contributed by atoms with Gasteiger partial charge in [0.2, 0.25) is 0 Å². The van der Waals surface area contributed by atoms with Crippen LogP contribution in [0.25, 0.3) is 0 Å². The molecule has 1 aliphatic heterocycles. The molecule has 0 aliphatic carbocycles. The summed E-state index contributed by atoms with van der Waals surface area (Å²) in [6.07, 6.45) is 3.89. The topological polar surface area (TPSA) is 12.0 Å². The summed E-state index contributed by atoms with van der Waals surface area (Å²) >= 11 is 3.91. The number of hydrogen-bond acceptors (Lipinski definition) is 3. The third-order valence-corrected chi connectivity index (χ3v) is 5.34. The van der Waals surface area contributed by atoms with Gasteiger partial charge in [0.15, 0.2) is 0 Å². The van der Waals surface area contributed by atoms with Gasteiger partial charge in [0.1, 0.15) is 0 Å². The molecule has 2 rings (SSSR count). The Morgan fingerprint density at radius 1 is 1.56 bits per heavy atom. The van der Waals surface area contributed by atoms with Crippen molar-refractivity contribution in [2.24, 2.45) is 0 Å². The second kappa shape index (κ2) is 6.08. The van der Waals surface area contributed by atoms with Crippen LogP contribution in [0.1, 0.15) is 32.3 Å². The van der Waals surface area contributed by atoms with Crippen molar-refractivity contribution >= 4 is 23.1 Å². The van der Waals surface area contributed by atoms with Crippen molar-refractivity contribution in [2.75, 3.05) is 5.75 Å². The van der Waals surface area contributed by atoms with E-state index in [1.54, 1.807) is 11.3 Å². The summed E-state index contributed by atoms with van der Waals surface area (Å²) in [7, 11) is 0. The molecule has 3 heteroatoms. The van der Waals surface area contributed by atoms with Gasteiger partial charge in [0.25, 0.3) is 0 Å². The molecule has 2 heterocycles. The van der Waals surface area contributed by atoms with Gasteiger partial charge in [-0.1, -0.05) is 6.92 Å². The van der Waals surface area contributed by atoms with Crippen molar-refractivity contribution in [2.45, 2.75) is 50.4 Å². The highest BCUT2D eigenvalue weighted by atomic mass is 32.2. The van der Waals surface area contributed by atoms with E-state index < -0.39 is 0 Å². The van der Waals surface area contributed by atoms with Crippen molar-refractivity contribution in [1.82, 2.24) is 5.32 Å². The van der Waals surface area contributed by atoms with E-state index in [0.29, 0.717) is 12.1 Å². The van der Waals surface area contributed by atoms with Gasteiger partial charge in [0, 0.05) is 17.3 Å². The smallest absolute Gasteiger partial charge is 0.0186 e. The molecule has 1 aliphatic rings. The molecule has 0 radical (unpaired) electrons. The van der Waals surface area contributed by atoms with Crippen LogP contribution in [0.3, 0.4) is 0 Å². The maximum atomic E-state index is 3.79. The van der Waals surface area contributed by atoms with E-state index in [4.69, 9.17) is 0 Å². The molecule has 1 fully saturated rings. The fourth-order valence-corrected chi connectivity index (χ4v) is 4.16. The minimum atomic E-state index is 0.598. The molecule has 90 valence electrons. The summed E-state index contributed by atoms with van der Waals surface area (Å²) in [6.45, 7) is 4.67. The molecule has 0 saturated carbocycles. The maximum absolute atomic E-state index is 3.79. The van der Waals surface area contributed by atoms with E-state index in [2.05, 4.69) is 47.8 Å². The fourth-order valence-electron chi connectivity index (χ4n) is 2.33. The lowest BCUT2D eigenvalue weighted by atomic mass is 10.0. The highest BCUT2D eigenvalue weighted by molar-refractivity contribution is 7.99. The molecule has 0 aromatic carbocycles. The van der Waals surface area contributed by atoms with Crippen LogP contribution < -0.4 is 5.32 Å². The number of thiophene rings is 1. The first-order valence-electron chi connectivity index (χ1n) is 6.14. The van der Waals surface area contributed by atoms with Crippen LogP contribution in [0.2, 0.25) is 0 Å². The van der Waals surface area contributed by atoms with Crippen LogP contribution in [0, 0.1) is 0 Å². The predicted octanol–water partition coefficient (Wildman–Crippen LogP) is 3.55. The highest BCUT2D eigenvalue weighted by Gasteiger charge is 2.22. The zero-order chi connectivity index (χ0) is 11.4. The molecule has 0 bridgehead atoms. The van der Waals surface area contributed by atoms with Gasteiger partial charge < -0.3 is 5.32 Å². The predicted molar refractivity (Wildman–Crippen MR) is 75.6 cm³/mol. The van der Waals surface area contributed by atoms with E-state index in [1.165, 1.54) is 24.2 Å². The average molecular weight is 255 g/mol. The summed E-state index contributed by atoms with van der Waals surface area (Å²) in [5.41, 5.74) is 1.47. The van der Waals surface area contributed by atoms with Crippen molar-refractivity contribution in [3.63, 3.8) is 0 Å². The van der Waals surface area contributed by atoms with Crippen molar-refractivity contribution in [3.8, 4) is 0 Å². The number of thioether (sulfide) groups is 1. The molecule has 1 N–H and O–H groups in total. The summed E-state index contributed by atoms with van der Waals surface area (Å²) in [5.74, 6) is 1.35. The van der Waals surface area contributed by atoms with Crippen LogP contribution >= 0.6 is 23.1 Å². The van der Waals surface area contributed by atoms with Crippen LogP contribution in [-0.4, -0.2) is 23.1 Å².